The van der Waals surface area contributed by atoms with Crippen molar-refractivity contribution in [1.29, 1.82) is 0 Å². The summed E-state index contributed by atoms with van der Waals surface area (Å²) in [6.07, 6.45) is 1.71. The second kappa shape index (κ2) is 4.68. The van der Waals surface area contributed by atoms with Gasteiger partial charge in [-0.2, -0.15) is 0 Å². The van der Waals surface area contributed by atoms with Gasteiger partial charge in [0.1, 0.15) is 4.33 Å². The van der Waals surface area contributed by atoms with Gasteiger partial charge < -0.3 is 0 Å². The molecule has 1 heterocycles. The second-order valence-corrected chi connectivity index (χ2v) is 7.36. The summed E-state index contributed by atoms with van der Waals surface area (Å²) in [4.78, 5) is 4.60. The molecule has 3 rings (SSSR count). The summed E-state index contributed by atoms with van der Waals surface area (Å²) in [5.74, 6) is 0.339. The normalized spacial score (nSPS) is 20.9. The van der Waals surface area contributed by atoms with Crippen LogP contribution in [0.25, 0.3) is 11.3 Å². The molecule has 5 heteroatoms. The minimum atomic E-state index is -0.532. The molecule has 1 fully saturated rings. The van der Waals surface area contributed by atoms with Gasteiger partial charge in [0.2, 0.25) is 0 Å². The van der Waals surface area contributed by atoms with E-state index in [9.17, 15) is 0 Å². The summed E-state index contributed by atoms with van der Waals surface area (Å²) >= 11 is 19.8. The SMILES string of the molecule is Clc1ccccc1-c1csc(CC2CC2(Cl)Cl)n1. The number of thiazole rings is 1. The molecule has 0 aliphatic heterocycles. The van der Waals surface area contributed by atoms with Crippen molar-refractivity contribution in [1.82, 2.24) is 4.98 Å². The lowest BCUT2D eigenvalue weighted by Crippen LogP contribution is -1.94. The van der Waals surface area contributed by atoms with Crippen molar-refractivity contribution in [2.75, 3.05) is 0 Å². The highest BCUT2D eigenvalue weighted by Gasteiger charge is 2.51. The van der Waals surface area contributed by atoms with Crippen LogP contribution < -0.4 is 0 Å². The molecule has 1 saturated carbocycles. The maximum Gasteiger partial charge on any atom is 0.122 e. The number of aromatic nitrogens is 1. The maximum absolute atomic E-state index is 6.15. The first kappa shape index (κ1) is 12.7. The van der Waals surface area contributed by atoms with Crippen molar-refractivity contribution < 1.29 is 0 Å². The molecule has 0 saturated heterocycles. The molecule has 2 aromatic rings. The van der Waals surface area contributed by atoms with Gasteiger partial charge in [0.05, 0.1) is 10.7 Å². The summed E-state index contributed by atoms with van der Waals surface area (Å²) in [5.41, 5.74) is 1.90. The molecule has 0 radical (unpaired) electrons. The highest BCUT2D eigenvalue weighted by Crippen LogP contribution is 2.54. The third kappa shape index (κ3) is 2.53. The van der Waals surface area contributed by atoms with Crippen molar-refractivity contribution in [2.45, 2.75) is 17.2 Å². The van der Waals surface area contributed by atoms with Gasteiger partial charge in [0.15, 0.2) is 0 Å². The topological polar surface area (TPSA) is 12.9 Å². The van der Waals surface area contributed by atoms with Gasteiger partial charge in [-0.3, -0.25) is 0 Å². The molecule has 1 aliphatic carbocycles. The largest absolute Gasteiger partial charge is 0.241 e. The zero-order valence-corrected chi connectivity index (χ0v) is 12.5. The lowest BCUT2D eigenvalue weighted by atomic mass is 10.2. The average molecular weight is 319 g/mol. The second-order valence-electron chi connectivity index (χ2n) is 4.47. The van der Waals surface area contributed by atoms with Crippen LogP contribution in [0.2, 0.25) is 5.02 Å². The quantitative estimate of drug-likeness (QED) is 0.709. The first-order valence-electron chi connectivity index (χ1n) is 5.63. The Morgan fingerprint density at radius 3 is 2.72 bits per heavy atom. The third-order valence-electron chi connectivity index (χ3n) is 3.08. The van der Waals surface area contributed by atoms with Crippen LogP contribution in [0.15, 0.2) is 29.6 Å². The molecule has 0 bridgehead atoms. The van der Waals surface area contributed by atoms with E-state index in [1.54, 1.807) is 11.3 Å². The van der Waals surface area contributed by atoms with Gasteiger partial charge in [-0.15, -0.1) is 34.5 Å². The Bertz CT molecular complexity index is 579. The number of alkyl halides is 2. The van der Waals surface area contributed by atoms with Crippen molar-refractivity contribution in [3.8, 4) is 11.3 Å². The molecule has 94 valence electrons. The van der Waals surface area contributed by atoms with Crippen LogP contribution in [0.4, 0.5) is 0 Å². The van der Waals surface area contributed by atoms with E-state index in [4.69, 9.17) is 34.8 Å². The standard InChI is InChI=1S/C13H10Cl3NS/c14-10-4-2-1-3-9(10)11-7-18-12(17-11)5-8-6-13(8,15)16/h1-4,7-8H,5-6H2. The molecule has 1 atom stereocenters. The monoisotopic (exact) mass is 317 g/mol. The summed E-state index contributed by atoms with van der Waals surface area (Å²) in [7, 11) is 0. The van der Waals surface area contributed by atoms with Crippen molar-refractivity contribution in [2.24, 2.45) is 5.92 Å². The summed E-state index contributed by atoms with van der Waals surface area (Å²) < 4.78 is -0.532. The lowest BCUT2D eigenvalue weighted by Gasteiger charge is -1.99. The number of hydrogen-bond donors (Lipinski definition) is 0. The van der Waals surface area contributed by atoms with E-state index in [-0.39, 0.29) is 0 Å². The molecular weight excluding hydrogens is 309 g/mol. The zero-order valence-electron chi connectivity index (χ0n) is 9.37. The molecule has 0 N–H and O–H groups in total. The van der Waals surface area contributed by atoms with Crippen LogP contribution in [0.5, 0.6) is 0 Å². The van der Waals surface area contributed by atoms with Gasteiger partial charge in [-0.1, -0.05) is 29.8 Å². The Morgan fingerprint density at radius 2 is 2.06 bits per heavy atom. The number of nitrogens with zero attached hydrogens (tertiary/aromatic N) is 1. The predicted molar refractivity (Wildman–Crippen MR) is 78.8 cm³/mol. The Kier molecular flexibility index (Phi) is 3.31. The Labute approximate surface area is 125 Å². The molecule has 18 heavy (non-hydrogen) atoms. The Morgan fingerprint density at radius 1 is 1.33 bits per heavy atom. The number of rotatable bonds is 3. The van der Waals surface area contributed by atoms with E-state index < -0.39 is 4.33 Å². The van der Waals surface area contributed by atoms with E-state index >= 15 is 0 Å². The average Bonchev–Trinajstić information content (AvgIpc) is 2.75. The van der Waals surface area contributed by atoms with Crippen LogP contribution in [0.1, 0.15) is 11.4 Å². The minimum Gasteiger partial charge on any atom is -0.241 e. The number of benzene rings is 1. The van der Waals surface area contributed by atoms with Crippen LogP contribution >= 0.6 is 46.1 Å². The fraction of sp³-hybridized carbons (Fsp3) is 0.308. The van der Waals surface area contributed by atoms with Gasteiger partial charge in [0, 0.05) is 28.3 Å². The molecule has 1 aromatic carbocycles. The first-order chi connectivity index (χ1) is 8.56. The van der Waals surface area contributed by atoms with Gasteiger partial charge >= 0.3 is 0 Å². The maximum atomic E-state index is 6.15. The minimum absolute atomic E-state index is 0.339. The molecule has 1 aromatic heterocycles. The van der Waals surface area contributed by atoms with Crippen LogP contribution in [-0.4, -0.2) is 9.32 Å². The molecule has 0 amide bonds. The highest BCUT2D eigenvalue weighted by molar-refractivity contribution is 7.10. The number of hydrogen-bond acceptors (Lipinski definition) is 2. The van der Waals surface area contributed by atoms with E-state index in [0.29, 0.717) is 5.92 Å². The third-order valence-corrected chi connectivity index (χ3v) is 5.20. The summed E-state index contributed by atoms with van der Waals surface area (Å²) in [6.45, 7) is 0. The molecule has 0 spiro atoms. The Balaban J connectivity index is 1.80. The smallest absolute Gasteiger partial charge is 0.122 e. The van der Waals surface area contributed by atoms with E-state index in [0.717, 1.165) is 34.1 Å². The first-order valence-corrected chi connectivity index (χ1v) is 7.65. The zero-order chi connectivity index (χ0) is 12.8. The molecule has 1 aliphatic rings. The molecule has 1 unspecified atom stereocenters. The van der Waals surface area contributed by atoms with Crippen LogP contribution in [0, 0.1) is 5.92 Å². The van der Waals surface area contributed by atoms with Crippen molar-refractivity contribution >= 4 is 46.1 Å². The number of halogens is 3. The summed E-state index contributed by atoms with van der Waals surface area (Å²) in [5, 5.41) is 3.83. The summed E-state index contributed by atoms with van der Waals surface area (Å²) in [6, 6.07) is 7.73. The van der Waals surface area contributed by atoms with Crippen LogP contribution in [-0.2, 0) is 6.42 Å². The lowest BCUT2D eigenvalue weighted by molar-refractivity contribution is 0.813. The van der Waals surface area contributed by atoms with Crippen molar-refractivity contribution in [3.63, 3.8) is 0 Å². The fourth-order valence-electron chi connectivity index (χ4n) is 1.90. The van der Waals surface area contributed by atoms with E-state index in [2.05, 4.69) is 4.98 Å². The van der Waals surface area contributed by atoms with E-state index in [1.807, 2.05) is 29.6 Å². The predicted octanol–water partition coefficient (Wildman–Crippen LogP) is 5.20. The van der Waals surface area contributed by atoms with E-state index in [1.165, 1.54) is 0 Å². The molecular formula is C13H10Cl3NS. The highest BCUT2D eigenvalue weighted by atomic mass is 35.5. The van der Waals surface area contributed by atoms with Gasteiger partial charge in [-0.25, -0.2) is 4.98 Å². The Hall–Kier alpha value is -0.280. The van der Waals surface area contributed by atoms with Gasteiger partial charge in [0.25, 0.3) is 0 Å². The fourth-order valence-corrected chi connectivity index (χ4v) is 3.53. The van der Waals surface area contributed by atoms with Crippen LogP contribution in [0.3, 0.4) is 0 Å². The van der Waals surface area contributed by atoms with Gasteiger partial charge in [-0.05, 0) is 12.5 Å². The molecule has 1 nitrogen and oxygen atoms in total. The van der Waals surface area contributed by atoms with Crippen molar-refractivity contribution in [3.05, 3.63) is 39.7 Å².